The van der Waals surface area contributed by atoms with Crippen LogP contribution in [0.3, 0.4) is 0 Å². The number of H-pyrrole nitrogens is 1. The van der Waals surface area contributed by atoms with E-state index in [4.69, 9.17) is 12.2 Å². The third kappa shape index (κ3) is 4.30. The second-order valence-electron chi connectivity index (χ2n) is 7.11. The second kappa shape index (κ2) is 8.45. The lowest BCUT2D eigenvalue weighted by Crippen LogP contribution is -2.32. The average molecular weight is 406 g/mol. The van der Waals surface area contributed by atoms with Crippen molar-refractivity contribution in [3.05, 3.63) is 83.9 Å². The van der Waals surface area contributed by atoms with Crippen molar-refractivity contribution in [1.29, 1.82) is 0 Å². The van der Waals surface area contributed by atoms with E-state index >= 15 is 0 Å². The Morgan fingerprint density at radius 3 is 2.83 bits per heavy atom. The van der Waals surface area contributed by atoms with Crippen molar-refractivity contribution in [3.63, 3.8) is 0 Å². The highest BCUT2D eigenvalue weighted by atomic mass is 32.1. The highest BCUT2D eigenvalue weighted by Gasteiger charge is 2.40. The molecule has 0 unspecified atom stereocenters. The van der Waals surface area contributed by atoms with Gasteiger partial charge >= 0.3 is 0 Å². The molecule has 0 bridgehead atoms. The highest BCUT2D eigenvalue weighted by molar-refractivity contribution is 7.80. The Morgan fingerprint density at radius 1 is 1.21 bits per heavy atom. The summed E-state index contributed by atoms with van der Waals surface area (Å²) in [7, 11) is 0. The van der Waals surface area contributed by atoms with Gasteiger partial charge in [0.2, 0.25) is 5.91 Å². The number of rotatable bonds is 6. The number of benzene rings is 1. The first-order valence-corrected chi connectivity index (χ1v) is 10.0. The van der Waals surface area contributed by atoms with E-state index in [2.05, 4.69) is 25.5 Å². The van der Waals surface area contributed by atoms with Crippen molar-refractivity contribution >= 4 is 28.9 Å². The lowest BCUT2D eigenvalue weighted by Gasteiger charge is -2.26. The molecule has 2 aromatic heterocycles. The van der Waals surface area contributed by atoms with Gasteiger partial charge in [0, 0.05) is 36.7 Å². The zero-order valence-corrected chi connectivity index (χ0v) is 16.9. The summed E-state index contributed by atoms with van der Waals surface area (Å²) in [4.78, 5) is 22.4. The summed E-state index contributed by atoms with van der Waals surface area (Å²) in [6.07, 6.45) is 4.01. The minimum atomic E-state index is -0.0813. The quantitative estimate of drug-likeness (QED) is 0.545. The maximum absolute atomic E-state index is 12.5. The van der Waals surface area contributed by atoms with Gasteiger partial charge in [-0.15, -0.1) is 0 Å². The van der Waals surface area contributed by atoms with E-state index in [0.29, 0.717) is 18.1 Å². The Morgan fingerprint density at radius 2 is 2.10 bits per heavy atom. The molecule has 4 rings (SSSR count). The van der Waals surface area contributed by atoms with Gasteiger partial charge in [-0.25, -0.2) is 0 Å². The Labute approximate surface area is 175 Å². The van der Waals surface area contributed by atoms with Crippen molar-refractivity contribution in [2.75, 3.05) is 11.9 Å². The number of aromatic amines is 1. The summed E-state index contributed by atoms with van der Waals surface area (Å²) in [6.45, 7) is 2.51. The van der Waals surface area contributed by atoms with E-state index in [9.17, 15) is 4.79 Å². The Kier molecular flexibility index (Phi) is 5.57. The van der Waals surface area contributed by atoms with Gasteiger partial charge in [-0.1, -0.05) is 18.2 Å². The van der Waals surface area contributed by atoms with Crippen LogP contribution in [0.15, 0.2) is 67.0 Å². The molecule has 0 saturated carbocycles. The molecule has 1 aliphatic heterocycles. The lowest BCUT2D eigenvalue weighted by molar-refractivity contribution is -0.116. The first-order chi connectivity index (χ1) is 14.1. The topological polar surface area (TPSA) is 73.1 Å². The molecule has 2 atom stereocenters. The first-order valence-electron chi connectivity index (χ1n) is 9.60. The molecular formula is C22H23N5OS. The van der Waals surface area contributed by atoms with Gasteiger partial charge in [0.25, 0.3) is 0 Å². The molecule has 0 radical (unpaired) electrons. The summed E-state index contributed by atoms with van der Waals surface area (Å²) in [5.41, 5.74) is 3.87. The Balaban J connectivity index is 1.49. The predicted molar refractivity (Wildman–Crippen MR) is 117 cm³/mol. The molecule has 1 fully saturated rings. The Bertz CT molecular complexity index is 989. The minimum absolute atomic E-state index is 0.0371. The molecule has 1 aliphatic rings. The fourth-order valence-corrected chi connectivity index (χ4v) is 4.01. The summed E-state index contributed by atoms with van der Waals surface area (Å²) < 4.78 is 0. The minimum Gasteiger partial charge on any atom is -0.363 e. The van der Waals surface area contributed by atoms with E-state index < -0.39 is 0 Å². The second-order valence-corrected chi connectivity index (χ2v) is 7.50. The van der Waals surface area contributed by atoms with E-state index in [1.54, 1.807) is 6.20 Å². The van der Waals surface area contributed by atoms with Crippen molar-refractivity contribution < 1.29 is 4.79 Å². The number of aryl methyl sites for hydroxylation is 1. The molecule has 3 N–H and O–H groups in total. The summed E-state index contributed by atoms with van der Waals surface area (Å²) in [5.74, 6) is -0.0371. The first kappa shape index (κ1) is 19.1. The average Bonchev–Trinajstić information content (AvgIpc) is 3.35. The van der Waals surface area contributed by atoms with E-state index in [0.717, 1.165) is 22.6 Å². The number of hydrogen-bond donors (Lipinski definition) is 3. The fraction of sp³-hybridized carbons (Fsp3) is 0.227. The monoisotopic (exact) mass is 405 g/mol. The number of hydrogen-bond acceptors (Lipinski definition) is 3. The van der Waals surface area contributed by atoms with Crippen molar-refractivity contribution in [2.24, 2.45) is 0 Å². The number of carbonyl (C=O) groups excluding carboxylic acids is 1. The number of pyridine rings is 1. The third-order valence-corrected chi connectivity index (χ3v) is 5.37. The zero-order valence-electron chi connectivity index (χ0n) is 16.1. The SMILES string of the molecule is Cc1cccc(NC(=O)CCN2C(=S)N[C@H](c3ccccn3)[C@H]2c2ccc[nH]2)c1. The van der Waals surface area contributed by atoms with Crippen LogP contribution < -0.4 is 10.6 Å². The number of amides is 1. The van der Waals surface area contributed by atoms with Crippen molar-refractivity contribution in [2.45, 2.75) is 25.4 Å². The summed E-state index contributed by atoms with van der Waals surface area (Å²) in [5, 5.41) is 6.98. The number of nitrogens with one attached hydrogen (secondary N) is 3. The molecule has 1 amide bonds. The van der Waals surface area contributed by atoms with Gasteiger partial charge in [-0.2, -0.15) is 0 Å². The van der Waals surface area contributed by atoms with E-state index in [-0.39, 0.29) is 18.0 Å². The molecule has 0 aliphatic carbocycles. The van der Waals surface area contributed by atoms with Crippen molar-refractivity contribution in [3.8, 4) is 0 Å². The largest absolute Gasteiger partial charge is 0.363 e. The smallest absolute Gasteiger partial charge is 0.226 e. The van der Waals surface area contributed by atoms with Crippen LogP contribution in [0.1, 0.15) is 35.5 Å². The number of anilines is 1. The van der Waals surface area contributed by atoms with E-state index in [1.807, 2.05) is 67.7 Å². The van der Waals surface area contributed by atoms with Crippen LogP contribution in [0.5, 0.6) is 0 Å². The molecule has 3 aromatic rings. The molecular weight excluding hydrogens is 382 g/mol. The normalized spacial score (nSPS) is 18.5. The maximum atomic E-state index is 12.5. The molecule has 29 heavy (non-hydrogen) atoms. The molecule has 6 nitrogen and oxygen atoms in total. The fourth-order valence-electron chi connectivity index (χ4n) is 3.68. The van der Waals surface area contributed by atoms with Gasteiger partial charge in [0.1, 0.15) is 0 Å². The molecule has 3 heterocycles. The standard InChI is InChI=1S/C22H23N5OS/c1-15-6-4-7-16(14-15)25-19(28)10-13-27-21(18-9-5-12-24-18)20(26-22(27)29)17-8-2-3-11-23-17/h2-9,11-12,14,20-21,24H,10,13H2,1H3,(H,25,28)(H,26,29)/t20-,21-/m1/s1. The van der Waals surface area contributed by atoms with Gasteiger partial charge in [-0.3, -0.25) is 9.78 Å². The van der Waals surface area contributed by atoms with Crippen LogP contribution in [-0.2, 0) is 4.79 Å². The zero-order chi connectivity index (χ0) is 20.2. The van der Waals surface area contributed by atoms with Gasteiger partial charge < -0.3 is 20.5 Å². The molecule has 7 heteroatoms. The Hall–Kier alpha value is -3.19. The van der Waals surface area contributed by atoms with Crippen LogP contribution in [0, 0.1) is 6.92 Å². The van der Waals surface area contributed by atoms with Gasteiger partial charge in [-0.05, 0) is 61.1 Å². The van der Waals surface area contributed by atoms with Crippen LogP contribution in [0.25, 0.3) is 0 Å². The number of carbonyl (C=O) groups is 1. The summed E-state index contributed by atoms with van der Waals surface area (Å²) in [6, 6.07) is 17.5. The lowest BCUT2D eigenvalue weighted by atomic mass is 10.0. The van der Waals surface area contributed by atoms with Crippen LogP contribution in [0.2, 0.25) is 0 Å². The number of thiocarbonyl (C=S) groups is 1. The highest BCUT2D eigenvalue weighted by Crippen LogP contribution is 2.37. The number of nitrogens with zero attached hydrogens (tertiary/aromatic N) is 2. The number of aromatic nitrogens is 2. The molecule has 1 saturated heterocycles. The van der Waals surface area contributed by atoms with Crippen LogP contribution in [-0.4, -0.2) is 32.4 Å². The van der Waals surface area contributed by atoms with Crippen LogP contribution >= 0.6 is 12.2 Å². The van der Waals surface area contributed by atoms with Gasteiger partial charge in [0.05, 0.1) is 17.8 Å². The molecule has 0 spiro atoms. The van der Waals surface area contributed by atoms with Crippen LogP contribution in [0.4, 0.5) is 5.69 Å². The van der Waals surface area contributed by atoms with E-state index in [1.165, 1.54) is 0 Å². The third-order valence-electron chi connectivity index (χ3n) is 5.02. The maximum Gasteiger partial charge on any atom is 0.226 e. The summed E-state index contributed by atoms with van der Waals surface area (Å²) >= 11 is 5.61. The molecule has 1 aromatic carbocycles. The van der Waals surface area contributed by atoms with Gasteiger partial charge in [0.15, 0.2) is 5.11 Å². The molecule has 148 valence electrons. The van der Waals surface area contributed by atoms with Crippen molar-refractivity contribution in [1.82, 2.24) is 20.2 Å². The predicted octanol–water partition coefficient (Wildman–Crippen LogP) is 3.72.